The predicted molar refractivity (Wildman–Crippen MR) is 147 cm³/mol. The summed E-state index contributed by atoms with van der Waals surface area (Å²) in [7, 11) is -3.60. The standard InChI is InChI=1S/C23H28N6O3S.CH4O4S/c1-33-16(9-5-2-6-13-10-25-15-8-4-3-7-14(13)15)20-18(30)19(31)23(32-20)29-12-28-17-21(24)26-11-27-22(17)29;1-5-6(2,3)4/h3-4,7-8,10-12,16,18-20,23,25,30-31H,2,5-6,9H2,1H3,(H2,24,26,27);1H3,(H,2,3,4)/t16?,18-,19+,20+,23+;/m0./s1. The Kier molecular flexibility index (Phi) is 9.43. The molecular formula is C24H32N6O7S2. The van der Waals surface area contributed by atoms with Gasteiger partial charge in [-0.3, -0.25) is 8.75 Å². The summed E-state index contributed by atoms with van der Waals surface area (Å²) in [6.45, 7) is 0. The molecule has 1 saturated heterocycles. The average molecular weight is 581 g/mol. The molecule has 0 spiro atoms. The van der Waals surface area contributed by atoms with Crippen LogP contribution in [0.2, 0.25) is 0 Å². The van der Waals surface area contributed by atoms with Crippen molar-refractivity contribution in [3.63, 3.8) is 0 Å². The van der Waals surface area contributed by atoms with Crippen molar-refractivity contribution in [3.8, 4) is 0 Å². The molecule has 13 nitrogen and oxygen atoms in total. The molecule has 39 heavy (non-hydrogen) atoms. The van der Waals surface area contributed by atoms with Crippen molar-refractivity contribution >= 4 is 50.0 Å². The Morgan fingerprint density at radius 3 is 2.69 bits per heavy atom. The Morgan fingerprint density at radius 1 is 1.23 bits per heavy atom. The minimum atomic E-state index is -4.41. The summed E-state index contributed by atoms with van der Waals surface area (Å²) >= 11 is 1.12. The molecule has 0 amide bonds. The number of fused-ring (bicyclic) bond motifs is 2. The fourth-order valence-electron chi connectivity index (χ4n) is 4.74. The number of aromatic nitrogens is 5. The van der Waals surface area contributed by atoms with E-state index >= 15 is 0 Å². The molecule has 1 unspecified atom stereocenters. The molecule has 1 aliphatic rings. The molecule has 0 saturated carbocycles. The molecule has 5 atom stereocenters. The van der Waals surface area contributed by atoms with Crippen molar-refractivity contribution in [1.82, 2.24) is 24.5 Å². The summed E-state index contributed by atoms with van der Waals surface area (Å²) in [4.78, 5) is 15.8. The van der Waals surface area contributed by atoms with Crippen LogP contribution in [-0.4, -0.2) is 84.6 Å². The first kappa shape index (κ1) is 29.2. The first-order chi connectivity index (χ1) is 18.6. The van der Waals surface area contributed by atoms with Gasteiger partial charge >= 0.3 is 0 Å². The van der Waals surface area contributed by atoms with Crippen LogP contribution in [0.15, 0.2) is 43.1 Å². The Morgan fingerprint density at radius 2 is 1.97 bits per heavy atom. The smallest absolute Gasteiger partial charge is 0.217 e. The number of aliphatic hydroxyl groups excluding tert-OH is 2. The van der Waals surface area contributed by atoms with E-state index in [2.05, 4.69) is 54.8 Å². The van der Waals surface area contributed by atoms with Gasteiger partial charge in [-0.05, 0) is 49.1 Å². The highest BCUT2D eigenvalue weighted by Gasteiger charge is 2.49. The van der Waals surface area contributed by atoms with Crippen molar-refractivity contribution in [2.75, 3.05) is 19.1 Å². The highest BCUT2D eigenvalue weighted by molar-refractivity contribution is 7.80. The van der Waals surface area contributed by atoms with Gasteiger partial charge in [0.2, 0.25) is 10.4 Å². The zero-order valence-corrected chi connectivity index (χ0v) is 23.1. The fourth-order valence-corrected chi connectivity index (χ4v) is 5.72. The second kappa shape index (κ2) is 12.6. The number of nitrogens with zero attached hydrogens (tertiary/aromatic N) is 4. The highest BCUT2D eigenvalue weighted by Crippen LogP contribution is 2.35. The van der Waals surface area contributed by atoms with Crippen LogP contribution in [0.5, 0.6) is 0 Å². The molecule has 0 aliphatic carbocycles. The molecule has 1 fully saturated rings. The van der Waals surface area contributed by atoms with Crippen molar-refractivity contribution in [2.24, 2.45) is 0 Å². The lowest BCUT2D eigenvalue weighted by Crippen LogP contribution is -2.39. The number of ether oxygens (including phenoxy) is 1. The number of nitrogens with two attached hydrogens (primary N) is 1. The summed E-state index contributed by atoms with van der Waals surface area (Å²) in [5.74, 6) is 0.267. The summed E-state index contributed by atoms with van der Waals surface area (Å²) in [6, 6.07) is 8.35. The zero-order valence-electron chi connectivity index (χ0n) is 21.4. The summed E-state index contributed by atoms with van der Waals surface area (Å²) in [6.07, 6.45) is 7.68. The van der Waals surface area contributed by atoms with Crippen LogP contribution in [0.3, 0.4) is 0 Å². The third-order valence-corrected chi connectivity index (χ3v) is 8.35. The largest absolute Gasteiger partial charge is 0.726 e. The number of hydrogen-bond donors (Lipinski definition) is 4. The Hall–Kier alpha value is -2.79. The van der Waals surface area contributed by atoms with Crippen molar-refractivity contribution < 1.29 is 32.1 Å². The topological polar surface area (TPSA) is 202 Å². The molecule has 212 valence electrons. The summed E-state index contributed by atoms with van der Waals surface area (Å²) in [5.41, 5.74) is 9.30. The van der Waals surface area contributed by atoms with E-state index in [1.165, 1.54) is 29.1 Å². The normalized spacial score (nSPS) is 22.2. The van der Waals surface area contributed by atoms with Gasteiger partial charge < -0.3 is 30.2 Å². The molecule has 4 heterocycles. The summed E-state index contributed by atoms with van der Waals surface area (Å²) < 4.78 is 38.8. The number of unbranched alkanes of at least 4 members (excludes halogenated alkanes) is 1. The number of benzene rings is 1. The third kappa shape index (κ3) is 6.69. The SMILES string of the molecule is COS(=O)(=O)[O-].C[SH+]C(CCCCc1c[nH]c2ccccc12)[C@H]1O[C@@H](n2cnc3c(N)ncnc32)[C@H](O)[C@@H]1O. The van der Waals surface area contributed by atoms with Crippen LogP contribution < -0.4 is 5.73 Å². The summed E-state index contributed by atoms with van der Waals surface area (Å²) in [5, 5.41) is 23.0. The predicted octanol–water partition coefficient (Wildman–Crippen LogP) is 0.828. The van der Waals surface area contributed by atoms with E-state index in [-0.39, 0.29) is 11.1 Å². The minimum absolute atomic E-state index is 0.108. The van der Waals surface area contributed by atoms with E-state index < -0.39 is 34.9 Å². The second-order valence-corrected chi connectivity index (χ2v) is 11.4. The third-order valence-electron chi connectivity index (χ3n) is 6.72. The van der Waals surface area contributed by atoms with Gasteiger partial charge in [0.25, 0.3) is 0 Å². The zero-order chi connectivity index (χ0) is 28.2. The van der Waals surface area contributed by atoms with E-state index in [1.807, 2.05) is 6.07 Å². The maximum Gasteiger partial charge on any atom is 0.217 e. The van der Waals surface area contributed by atoms with E-state index in [0.717, 1.165) is 44.6 Å². The van der Waals surface area contributed by atoms with Gasteiger partial charge in [-0.25, -0.2) is 23.4 Å². The number of imidazole rings is 1. The number of hydrogen-bond acceptors (Lipinski definition) is 11. The molecule has 0 bridgehead atoms. The fraction of sp³-hybridized carbons (Fsp3) is 0.458. The quantitative estimate of drug-likeness (QED) is 0.0718. The van der Waals surface area contributed by atoms with E-state index in [1.54, 1.807) is 4.57 Å². The van der Waals surface area contributed by atoms with Crippen LogP contribution in [0.25, 0.3) is 22.1 Å². The number of para-hydroxylation sites is 1. The molecule has 1 aromatic carbocycles. The number of nitrogens with one attached hydrogen (secondary N) is 1. The van der Waals surface area contributed by atoms with Gasteiger partial charge in [-0.2, -0.15) is 0 Å². The molecule has 4 aromatic rings. The number of nitrogen functional groups attached to an aromatic ring is 1. The number of aliphatic hydroxyl groups is 2. The average Bonchev–Trinajstić information content (AvgIpc) is 3.61. The number of rotatable bonds is 9. The Balaban J connectivity index is 0.000000531. The minimum Gasteiger partial charge on any atom is -0.726 e. The van der Waals surface area contributed by atoms with E-state index in [4.69, 9.17) is 10.5 Å². The molecule has 5 N–H and O–H groups in total. The van der Waals surface area contributed by atoms with Crippen LogP contribution in [0, 0.1) is 0 Å². The maximum absolute atomic E-state index is 10.8. The maximum atomic E-state index is 10.8. The number of thiol groups is 1. The monoisotopic (exact) mass is 580 g/mol. The van der Waals surface area contributed by atoms with Crippen LogP contribution >= 0.6 is 0 Å². The molecule has 3 aromatic heterocycles. The number of anilines is 1. The lowest BCUT2D eigenvalue weighted by molar-refractivity contribution is -0.0357. The van der Waals surface area contributed by atoms with Gasteiger partial charge in [-0.15, -0.1) is 0 Å². The van der Waals surface area contributed by atoms with Gasteiger partial charge in [0.1, 0.15) is 35.4 Å². The Labute approximate surface area is 229 Å². The first-order valence-electron chi connectivity index (χ1n) is 12.2. The molecular weight excluding hydrogens is 548 g/mol. The van der Waals surface area contributed by atoms with E-state index in [0.29, 0.717) is 11.2 Å². The molecule has 15 heteroatoms. The van der Waals surface area contributed by atoms with Crippen LogP contribution in [0.1, 0.15) is 31.1 Å². The second-order valence-electron chi connectivity index (χ2n) is 9.06. The number of H-pyrrole nitrogens is 1. The van der Waals surface area contributed by atoms with E-state index in [9.17, 15) is 23.2 Å². The van der Waals surface area contributed by atoms with Gasteiger partial charge in [-0.1, -0.05) is 18.2 Å². The molecule has 0 radical (unpaired) electrons. The molecule has 1 aliphatic heterocycles. The van der Waals surface area contributed by atoms with Crippen LogP contribution in [-0.2, 0) is 37.5 Å². The lowest BCUT2D eigenvalue weighted by Gasteiger charge is -2.19. The number of aryl methyl sites for hydroxylation is 1. The van der Waals surface area contributed by atoms with Crippen molar-refractivity contribution in [1.29, 1.82) is 0 Å². The Bertz CT molecular complexity index is 1490. The lowest BCUT2D eigenvalue weighted by atomic mass is 10.0. The molecule has 5 rings (SSSR count). The van der Waals surface area contributed by atoms with Gasteiger partial charge in [0, 0.05) is 17.1 Å². The van der Waals surface area contributed by atoms with Gasteiger partial charge in [0.15, 0.2) is 17.7 Å². The van der Waals surface area contributed by atoms with Crippen LogP contribution in [0.4, 0.5) is 5.82 Å². The number of aromatic amines is 1. The highest BCUT2D eigenvalue weighted by atomic mass is 32.3. The van der Waals surface area contributed by atoms with Crippen molar-refractivity contribution in [2.45, 2.75) is 55.5 Å². The van der Waals surface area contributed by atoms with Crippen molar-refractivity contribution in [3.05, 3.63) is 48.7 Å². The first-order valence-corrected chi connectivity index (χ1v) is 15.0. The van der Waals surface area contributed by atoms with Gasteiger partial charge in [0.05, 0.1) is 19.7 Å².